The molecule has 0 amide bonds. The zero-order chi connectivity index (χ0) is 9.23. The molecule has 1 fully saturated rings. The van der Waals surface area contributed by atoms with Crippen LogP contribution in [0, 0.1) is 0 Å². The normalized spacial score (nSPS) is 17.8. The van der Waals surface area contributed by atoms with Gasteiger partial charge < -0.3 is 10.2 Å². The summed E-state index contributed by atoms with van der Waals surface area (Å²) in [5.41, 5.74) is 0. The minimum Gasteiger partial charge on any atom is -0.661 e. The van der Waals surface area contributed by atoms with Gasteiger partial charge in [-0.2, -0.15) is 0 Å². The molecule has 1 heterocycles. The first-order valence-corrected chi connectivity index (χ1v) is 5.29. The van der Waals surface area contributed by atoms with E-state index in [1.807, 2.05) is 13.8 Å². The van der Waals surface area contributed by atoms with Crippen LogP contribution < -0.4 is 58.2 Å². The molecule has 0 aromatic rings. The summed E-state index contributed by atoms with van der Waals surface area (Å²) in [6.45, 7) is 12.1. The molecule has 13 heavy (non-hydrogen) atoms. The van der Waals surface area contributed by atoms with Gasteiger partial charge in [0.15, 0.2) is 0 Å². The molecular formula is C10H23N2Rb. The molecule has 0 aromatic heterocycles. The van der Waals surface area contributed by atoms with Gasteiger partial charge in [-0.3, -0.25) is 0 Å². The summed E-state index contributed by atoms with van der Waals surface area (Å²) in [6.07, 6.45) is 2.54. The second-order valence-corrected chi connectivity index (χ2v) is 2.87. The van der Waals surface area contributed by atoms with Gasteiger partial charge in [0.25, 0.3) is 0 Å². The van der Waals surface area contributed by atoms with Crippen LogP contribution in [0.5, 0.6) is 0 Å². The van der Waals surface area contributed by atoms with E-state index in [2.05, 4.69) is 17.1 Å². The smallest absolute Gasteiger partial charge is 0.661 e. The van der Waals surface area contributed by atoms with Crippen LogP contribution in [0.2, 0.25) is 0 Å². The molecule has 0 unspecified atom stereocenters. The second-order valence-electron chi connectivity index (χ2n) is 2.87. The van der Waals surface area contributed by atoms with Crippen LogP contribution in [0.3, 0.4) is 0 Å². The summed E-state index contributed by atoms with van der Waals surface area (Å²) in [5.74, 6) is 0. The summed E-state index contributed by atoms with van der Waals surface area (Å²) in [4.78, 5) is 2.51. The number of hydrogen-bond donors (Lipinski definition) is 0. The van der Waals surface area contributed by atoms with Crippen molar-refractivity contribution in [3.8, 4) is 0 Å². The molecule has 2 nitrogen and oxygen atoms in total. The van der Waals surface area contributed by atoms with Crippen molar-refractivity contribution in [1.82, 2.24) is 4.90 Å². The van der Waals surface area contributed by atoms with Crippen LogP contribution in [0.1, 0.15) is 33.6 Å². The van der Waals surface area contributed by atoms with E-state index >= 15 is 0 Å². The fraction of sp³-hybridized carbons (Fsp3) is 1.00. The third-order valence-electron chi connectivity index (χ3n) is 1.90. The van der Waals surface area contributed by atoms with Crippen molar-refractivity contribution < 1.29 is 58.2 Å². The topological polar surface area (TPSA) is 17.3 Å². The van der Waals surface area contributed by atoms with E-state index in [0.717, 1.165) is 13.1 Å². The standard InChI is InChI=1S/C8H17N2.C2H6.Rb/c1-2-6-10-7-3-4-9-5-8-10;1-2;/h2-8H2,1H3;1-2H3;/q-1;;+1. The maximum absolute atomic E-state index is 4.36. The van der Waals surface area contributed by atoms with Crippen molar-refractivity contribution in [3.05, 3.63) is 5.32 Å². The van der Waals surface area contributed by atoms with E-state index in [4.69, 9.17) is 0 Å². The zero-order valence-corrected chi connectivity index (χ0v) is 14.8. The summed E-state index contributed by atoms with van der Waals surface area (Å²) >= 11 is 0. The molecule has 0 N–H and O–H groups in total. The van der Waals surface area contributed by atoms with Crippen LogP contribution in [-0.2, 0) is 0 Å². The summed E-state index contributed by atoms with van der Waals surface area (Å²) < 4.78 is 0. The van der Waals surface area contributed by atoms with Crippen molar-refractivity contribution in [3.63, 3.8) is 0 Å². The van der Waals surface area contributed by atoms with Gasteiger partial charge in [-0.25, -0.2) is 0 Å². The Balaban J connectivity index is 0. The molecular weight excluding hydrogens is 234 g/mol. The van der Waals surface area contributed by atoms with Crippen molar-refractivity contribution in [2.75, 3.05) is 32.7 Å². The summed E-state index contributed by atoms with van der Waals surface area (Å²) in [6, 6.07) is 0. The van der Waals surface area contributed by atoms with E-state index in [0.29, 0.717) is 0 Å². The monoisotopic (exact) mass is 256 g/mol. The Morgan fingerprint density at radius 1 is 1.15 bits per heavy atom. The maximum Gasteiger partial charge on any atom is 1.00 e. The molecule has 0 radical (unpaired) electrons. The predicted octanol–water partition coefficient (Wildman–Crippen LogP) is -0.494. The Kier molecular flexibility index (Phi) is 18.1. The average Bonchev–Trinajstić information content (AvgIpc) is 2.37. The van der Waals surface area contributed by atoms with Crippen LogP contribution in [0.25, 0.3) is 5.32 Å². The summed E-state index contributed by atoms with van der Waals surface area (Å²) in [5, 5.41) is 4.36. The van der Waals surface area contributed by atoms with Gasteiger partial charge in [0.1, 0.15) is 0 Å². The molecule has 0 aromatic carbocycles. The molecule has 74 valence electrons. The number of nitrogens with zero attached hydrogens (tertiary/aromatic N) is 2. The minimum absolute atomic E-state index is 0. The molecule has 0 atom stereocenters. The van der Waals surface area contributed by atoms with E-state index < -0.39 is 0 Å². The largest absolute Gasteiger partial charge is 1.00 e. The first-order chi connectivity index (χ1) is 5.93. The molecule has 0 spiro atoms. The molecule has 0 saturated carbocycles. The van der Waals surface area contributed by atoms with Crippen molar-refractivity contribution >= 4 is 0 Å². The first-order valence-electron chi connectivity index (χ1n) is 5.29. The molecule has 1 aliphatic rings. The Labute approximate surface area is 133 Å². The van der Waals surface area contributed by atoms with Gasteiger partial charge in [0, 0.05) is 0 Å². The minimum atomic E-state index is 0. The molecule has 0 aliphatic carbocycles. The molecule has 1 rings (SSSR count). The third-order valence-corrected chi connectivity index (χ3v) is 1.90. The van der Waals surface area contributed by atoms with E-state index in [-0.39, 0.29) is 58.2 Å². The molecule has 1 saturated heterocycles. The fourth-order valence-corrected chi connectivity index (χ4v) is 1.38. The van der Waals surface area contributed by atoms with Crippen LogP contribution in [-0.4, -0.2) is 37.6 Å². The maximum atomic E-state index is 4.36. The van der Waals surface area contributed by atoms with Crippen molar-refractivity contribution in [1.29, 1.82) is 0 Å². The molecule has 3 heteroatoms. The van der Waals surface area contributed by atoms with Gasteiger partial charge in [0.2, 0.25) is 0 Å². The quantitative estimate of drug-likeness (QED) is 0.652. The molecule has 1 aliphatic heterocycles. The first kappa shape index (κ1) is 17.1. The van der Waals surface area contributed by atoms with E-state index in [1.54, 1.807) is 0 Å². The van der Waals surface area contributed by atoms with E-state index in [9.17, 15) is 0 Å². The Hall–Kier alpha value is 1.73. The predicted molar refractivity (Wildman–Crippen MR) is 55.8 cm³/mol. The van der Waals surface area contributed by atoms with Gasteiger partial charge in [0.05, 0.1) is 0 Å². The average molecular weight is 257 g/mol. The van der Waals surface area contributed by atoms with Gasteiger partial charge in [-0.15, -0.1) is 13.1 Å². The molecule has 0 bridgehead atoms. The summed E-state index contributed by atoms with van der Waals surface area (Å²) in [7, 11) is 0. The Bertz CT molecular complexity index is 81.0. The Morgan fingerprint density at radius 2 is 1.85 bits per heavy atom. The third kappa shape index (κ3) is 10.0. The zero-order valence-electron chi connectivity index (χ0n) is 9.84. The SMILES string of the molecule is CC.CCCN1CCC[N-]CC1.[Rb+]. The van der Waals surface area contributed by atoms with Crippen LogP contribution >= 0.6 is 0 Å². The second kappa shape index (κ2) is 13.7. The van der Waals surface area contributed by atoms with Crippen molar-refractivity contribution in [2.24, 2.45) is 0 Å². The number of hydrogen-bond acceptors (Lipinski definition) is 1. The van der Waals surface area contributed by atoms with Gasteiger partial charge >= 0.3 is 58.2 Å². The number of rotatable bonds is 2. The van der Waals surface area contributed by atoms with E-state index in [1.165, 1.54) is 32.5 Å². The fourth-order valence-electron chi connectivity index (χ4n) is 1.38. The van der Waals surface area contributed by atoms with Gasteiger partial charge in [-0.05, 0) is 26.1 Å². The van der Waals surface area contributed by atoms with Gasteiger partial charge in [-0.1, -0.05) is 27.2 Å². The van der Waals surface area contributed by atoms with Crippen molar-refractivity contribution in [2.45, 2.75) is 33.6 Å². The Morgan fingerprint density at radius 3 is 2.46 bits per heavy atom. The van der Waals surface area contributed by atoms with Crippen LogP contribution in [0.15, 0.2) is 0 Å². The van der Waals surface area contributed by atoms with Crippen LogP contribution in [0.4, 0.5) is 0 Å².